The first kappa shape index (κ1) is 22.0. The number of hydrogen-bond donors (Lipinski definition) is 2. The van der Waals surface area contributed by atoms with Crippen molar-refractivity contribution in [3.63, 3.8) is 0 Å². The number of aromatic nitrogens is 4. The van der Waals surface area contributed by atoms with E-state index in [-0.39, 0.29) is 0 Å². The fourth-order valence-electron chi connectivity index (χ4n) is 4.76. The topological polar surface area (TPSA) is 102 Å². The molecule has 8 nitrogen and oxygen atoms in total. The van der Waals surface area contributed by atoms with E-state index in [1.807, 2.05) is 43.7 Å². The number of nitrogens with zero attached hydrogens (tertiary/aromatic N) is 5. The van der Waals surface area contributed by atoms with Crippen molar-refractivity contribution >= 4 is 22.6 Å². The summed E-state index contributed by atoms with van der Waals surface area (Å²) in [6.45, 7) is 2.87. The Hall–Kier alpha value is -3.78. The summed E-state index contributed by atoms with van der Waals surface area (Å²) in [5.41, 5.74) is 12.1. The van der Waals surface area contributed by atoms with Gasteiger partial charge in [-0.05, 0) is 62.3 Å². The molecule has 0 bridgehead atoms. The van der Waals surface area contributed by atoms with E-state index in [0.29, 0.717) is 11.5 Å². The van der Waals surface area contributed by atoms with Gasteiger partial charge in [0.15, 0.2) is 0 Å². The van der Waals surface area contributed by atoms with Gasteiger partial charge >= 0.3 is 0 Å². The number of amides is 1. The van der Waals surface area contributed by atoms with Crippen molar-refractivity contribution < 1.29 is 4.79 Å². The number of carbonyl (C=O) groups excluding carboxylic acids is 1. The number of fused-ring (bicyclic) bond motifs is 1. The lowest BCUT2D eigenvalue weighted by molar-refractivity contribution is 0.1000. The van der Waals surface area contributed by atoms with Crippen LogP contribution in [0, 0.1) is 0 Å². The Bertz CT molecular complexity index is 1300. The Morgan fingerprint density at radius 3 is 2.56 bits per heavy atom. The number of hydrogen-bond acceptors (Lipinski definition) is 6. The maximum Gasteiger partial charge on any atom is 0.250 e. The minimum absolute atomic E-state index is 0.408. The SMILES string of the molecule is CNc1ccc(-c2ccnc3c2cc(CN2CCC(c4ccc(C(N)=O)cn4)CC2)n3C)nc1. The first-order valence-electron chi connectivity index (χ1n) is 11.6. The molecule has 1 aliphatic rings. The van der Waals surface area contributed by atoms with Gasteiger partial charge in [0, 0.05) is 61.3 Å². The summed E-state index contributed by atoms with van der Waals surface area (Å²) in [5.74, 6) is -0.0298. The maximum absolute atomic E-state index is 11.3. The first-order valence-corrected chi connectivity index (χ1v) is 11.6. The zero-order chi connectivity index (χ0) is 23.7. The van der Waals surface area contributed by atoms with Crippen LogP contribution in [-0.4, -0.2) is 50.5 Å². The number of anilines is 1. The van der Waals surface area contributed by atoms with E-state index in [9.17, 15) is 4.79 Å². The molecule has 0 aromatic carbocycles. The van der Waals surface area contributed by atoms with Gasteiger partial charge in [-0.1, -0.05) is 0 Å². The van der Waals surface area contributed by atoms with E-state index < -0.39 is 5.91 Å². The van der Waals surface area contributed by atoms with Gasteiger partial charge in [0.2, 0.25) is 5.91 Å². The molecule has 34 heavy (non-hydrogen) atoms. The Balaban J connectivity index is 1.31. The molecule has 0 atom stereocenters. The van der Waals surface area contributed by atoms with E-state index >= 15 is 0 Å². The molecule has 4 aromatic heterocycles. The highest BCUT2D eigenvalue weighted by Crippen LogP contribution is 2.31. The monoisotopic (exact) mass is 455 g/mol. The minimum Gasteiger partial charge on any atom is -0.387 e. The lowest BCUT2D eigenvalue weighted by atomic mass is 9.92. The lowest BCUT2D eigenvalue weighted by Crippen LogP contribution is -2.33. The van der Waals surface area contributed by atoms with E-state index in [1.165, 1.54) is 5.69 Å². The summed E-state index contributed by atoms with van der Waals surface area (Å²) in [6, 6.07) is 12.1. The number of rotatable bonds is 6. The molecule has 0 spiro atoms. The molecule has 8 heteroatoms. The molecule has 5 rings (SSSR count). The number of aryl methyl sites for hydroxylation is 1. The van der Waals surface area contributed by atoms with Gasteiger partial charge in [0.05, 0.1) is 23.1 Å². The third kappa shape index (κ3) is 4.24. The van der Waals surface area contributed by atoms with Crippen molar-refractivity contribution in [2.75, 3.05) is 25.5 Å². The number of nitrogens with one attached hydrogen (secondary N) is 1. The van der Waals surface area contributed by atoms with E-state index in [0.717, 1.165) is 66.1 Å². The van der Waals surface area contributed by atoms with Crippen LogP contribution < -0.4 is 11.1 Å². The van der Waals surface area contributed by atoms with Crippen molar-refractivity contribution in [3.8, 4) is 11.3 Å². The van der Waals surface area contributed by atoms with Crippen LogP contribution in [0.2, 0.25) is 0 Å². The largest absolute Gasteiger partial charge is 0.387 e. The van der Waals surface area contributed by atoms with Gasteiger partial charge in [-0.25, -0.2) is 4.98 Å². The number of primary amides is 1. The summed E-state index contributed by atoms with van der Waals surface area (Å²) in [5, 5.41) is 4.24. The number of pyridine rings is 3. The number of carbonyl (C=O) groups is 1. The minimum atomic E-state index is -0.438. The number of piperidine rings is 1. The maximum atomic E-state index is 11.3. The van der Waals surface area contributed by atoms with Crippen molar-refractivity contribution in [3.05, 3.63) is 71.9 Å². The molecule has 1 aliphatic heterocycles. The Morgan fingerprint density at radius 1 is 1.09 bits per heavy atom. The van der Waals surface area contributed by atoms with Crippen LogP contribution in [0.4, 0.5) is 5.69 Å². The van der Waals surface area contributed by atoms with E-state index in [2.05, 4.69) is 42.8 Å². The molecular formula is C26H29N7O. The van der Waals surface area contributed by atoms with E-state index in [4.69, 9.17) is 5.73 Å². The van der Waals surface area contributed by atoms with Crippen molar-refractivity contribution in [2.45, 2.75) is 25.3 Å². The molecule has 5 heterocycles. The number of likely N-dealkylation sites (tertiary alicyclic amines) is 1. The van der Waals surface area contributed by atoms with Gasteiger partial charge in [-0.3, -0.25) is 19.7 Å². The standard InChI is InChI=1S/C26H29N7O/c1-28-19-4-6-24(31-15-19)21-7-10-29-26-22(21)13-20(32(26)2)16-33-11-8-17(9-12-33)23-5-3-18(14-30-23)25(27)34/h3-7,10,13-15,17,28H,8-9,11-12,16H2,1-2H3,(H2,27,34). The van der Waals surface area contributed by atoms with Crippen LogP contribution in [0.25, 0.3) is 22.3 Å². The normalized spacial score (nSPS) is 15.0. The molecule has 4 aromatic rings. The van der Waals surface area contributed by atoms with Crippen LogP contribution in [-0.2, 0) is 13.6 Å². The zero-order valence-corrected chi connectivity index (χ0v) is 19.5. The molecule has 0 unspecified atom stereocenters. The predicted molar refractivity (Wildman–Crippen MR) is 133 cm³/mol. The van der Waals surface area contributed by atoms with E-state index in [1.54, 1.807) is 12.3 Å². The number of nitrogens with two attached hydrogens (primary N) is 1. The molecular weight excluding hydrogens is 426 g/mol. The van der Waals surface area contributed by atoms with Gasteiger partial charge in [-0.15, -0.1) is 0 Å². The third-order valence-electron chi connectivity index (χ3n) is 6.82. The second-order valence-corrected chi connectivity index (χ2v) is 8.86. The fraction of sp³-hybridized carbons (Fsp3) is 0.308. The summed E-state index contributed by atoms with van der Waals surface area (Å²) < 4.78 is 2.19. The van der Waals surface area contributed by atoms with Crippen molar-refractivity contribution in [1.29, 1.82) is 0 Å². The Labute approximate surface area is 198 Å². The molecule has 3 N–H and O–H groups in total. The molecule has 1 fully saturated rings. The average molecular weight is 456 g/mol. The lowest BCUT2D eigenvalue weighted by Gasteiger charge is -2.31. The highest BCUT2D eigenvalue weighted by atomic mass is 16.1. The average Bonchev–Trinajstić information content (AvgIpc) is 3.20. The van der Waals surface area contributed by atoms with Crippen LogP contribution in [0.3, 0.4) is 0 Å². The van der Waals surface area contributed by atoms with Gasteiger partial charge < -0.3 is 15.6 Å². The van der Waals surface area contributed by atoms with Gasteiger partial charge in [0.1, 0.15) is 5.65 Å². The quantitative estimate of drug-likeness (QED) is 0.461. The highest BCUT2D eigenvalue weighted by Gasteiger charge is 2.23. The third-order valence-corrected chi connectivity index (χ3v) is 6.82. The van der Waals surface area contributed by atoms with Crippen LogP contribution in [0.5, 0.6) is 0 Å². The van der Waals surface area contributed by atoms with Gasteiger partial charge in [0.25, 0.3) is 0 Å². The summed E-state index contributed by atoms with van der Waals surface area (Å²) >= 11 is 0. The second-order valence-electron chi connectivity index (χ2n) is 8.86. The Kier molecular flexibility index (Phi) is 5.98. The molecule has 0 aliphatic carbocycles. The molecule has 1 amide bonds. The fourth-order valence-corrected chi connectivity index (χ4v) is 4.76. The summed E-state index contributed by atoms with van der Waals surface area (Å²) in [7, 11) is 3.98. The molecule has 174 valence electrons. The van der Waals surface area contributed by atoms with Crippen LogP contribution in [0.1, 0.15) is 40.5 Å². The Morgan fingerprint density at radius 2 is 1.91 bits per heavy atom. The van der Waals surface area contributed by atoms with Crippen molar-refractivity contribution in [1.82, 2.24) is 24.4 Å². The van der Waals surface area contributed by atoms with Crippen LogP contribution in [0.15, 0.2) is 55.0 Å². The zero-order valence-electron chi connectivity index (χ0n) is 19.5. The summed E-state index contributed by atoms with van der Waals surface area (Å²) in [4.78, 5) is 27.5. The van der Waals surface area contributed by atoms with Crippen LogP contribution >= 0.6 is 0 Å². The van der Waals surface area contributed by atoms with Gasteiger partial charge in [-0.2, -0.15) is 0 Å². The first-order chi connectivity index (χ1) is 16.5. The predicted octanol–water partition coefficient (Wildman–Crippen LogP) is 3.55. The summed E-state index contributed by atoms with van der Waals surface area (Å²) in [6.07, 6.45) is 7.38. The molecule has 1 saturated heterocycles. The smallest absolute Gasteiger partial charge is 0.250 e. The second kappa shape index (κ2) is 9.23. The van der Waals surface area contributed by atoms with Crippen molar-refractivity contribution in [2.24, 2.45) is 12.8 Å². The molecule has 0 radical (unpaired) electrons. The molecule has 0 saturated carbocycles. The highest BCUT2D eigenvalue weighted by molar-refractivity contribution is 5.93.